The highest BCUT2D eigenvalue weighted by Gasteiger charge is 2.69. The Bertz CT molecular complexity index is 394. The first kappa shape index (κ1) is 16.0. The summed E-state index contributed by atoms with van der Waals surface area (Å²) in [5, 5.41) is 0. The zero-order valence-corrected chi connectivity index (χ0v) is 13.9. The number of hydrogen-bond acceptors (Lipinski definition) is 3. The molecule has 1 aliphatic carbocycles. The Labute approximate surface area is 124 Å². The van der Waals surface area contributed by atoms with Crippen LogP contribution in [0.3, 0.4) is 0 Å². The van der Waals surface area contributed by atoms with Crippen LogP contribution in [0.25, 0.3) is 0 Å². The number of hydrogen-bond donors (Lipinski definition) is 0. The van der Waals surface area contributed by atoms with Crippen LogP contribution in [0.5, 0.6) is 0 Å². The van der Waals surface area contributed by atoms with Crippen LogP contribution in [0.4, 0.5) is 0 Å². The minimum atomic E-state index is -1.14. The Morgan fingerprint density at radius 2 is 1.80 bits per heavy atom. The van der Waals surface area contributed by atoms with Gasteiger partial charge in [0.05, 0.1) is 16.9 Å². The normalized spacial score (nSPS) is 30.6. The number of nitrogens with zero attached hydrogens (tertiary/aromatic N) is 1. The van der Waals surface area contributed by atoms with E-state index in [0.29, 0.717) is 6.61 Å². The fourth-order valence-electron chi connectivity index (χ4n) is 3.27. The van der Waals surface area contributed by atoms with Crippen molar-refractivity contribution in [2.24, 2.45) is 0 Å². The van der Waals surface area contributed by atoms with E-state index in [9.17, 15) is 9.00 Å². The zero-order chi connectivity index (χ0) is 15.0. The predicted molar refractivity (Wildman–Crippen MR) is 80.6 cm³/mol. The second kappa shape index (κ2) is 5.76. The van der Waals surface area contributed by atoms with E-state index in [1.807, 2.05) is 32.0 Å². The standard InChI is InChI=1S/C15H27NO3S/c1-5-19-13(17)12-15(10-8-6-7-9-11-15)16(12)20(18)14(2,3)4/h12H,5-11H2,1-4H3/t12-,16?,20+/m1/s1. The van der Waals surface area contributed by atoms with E-state index < -0.39 is 11.0 Å². The highest BCUT2D eigenvalue weighted by molar-refractivity contribution is 7.84. The molecule has 0 radical (unpaired) electrons. The summed E-state index contributed by atoms with van der Waals surface area (Å²) in [6, 6.07) is -0.291. The topological polar surface area (TPSA) is 46.4 Å². The van der Waals surface area contributed by atoms with Gasteiger partial charge >= 0.3 is 5.97 Å². The molecule has 0 N–H and O–H groups in total. The molecule has 4 nitrogen and oxygen atoms in total. The molecule has 3 atom stereocenters. The lowest BCUT2D eigenvalue weighted by Gasteiger charge is -2.22. The third-order valence-corrected chi connectivity index (χ3v) is 6.28. The van der Waals surface area contributed by atoms with Crippen molar-refractivity contribution in [3.8, 4) is 0 Å². The molecule has 1 saturated carbocycles. The van der Waals surface area contributed by atoms with Crippen molar-refractivity contribution in [1.29, 1.82) is 0 Å². The number of rotatable bonds is 3. The van der Waals surface area contributed by atoms with Crippen molar-refractivity contribution >= 4 is 17.0 Å². The first-order chi connectivity index (χ1) is 9.34. The van der Waals surface area contributed by atoms with Crippen LogP contribution in [0.1, 0.15) is 66.2 Å². The lowest BCUT2D eigenvalue weighted by atomic mass is 9.96. The van der Waals surface area contributed by atoms with E-state index in [4.69, 9.17) is 4.74 Å². The van der Waals surface area contributed by atoms with Gasteiger partial charge in [0, 0.05) is 0 Å². The molecular formula is C15H27NO3S. The number of carbonyl (C=O) groups is 1. The van der Waals surface area contributed by atoms with Crippen molar-refractivity contribution in [3.63, 3.8) is 0 Å². The Hall–Kier alpha value is -0.420. The van der Waals surface area contributed by atoms with Gasteiger partial charge in [0.2, 0.25) is 0 Å². The van der Waals surface area contributed by atoms with E-state index in [0.717, 1.165) is 25.7 Å². The molecule has 2 fully saturated rings. The molecule has 5 heteroatoms. The average molecular weight is 301 g/mol. The predicted octanol–water partition coefficient (Wildman–Crippen LogP) is 2.79. The van der Waals surface area contributed by atoms with Gasteiger partial charge in [0.15, 0.2) is 0 Å². The molecular weight excluding hydrogens is 274 g/mol. The van der Waals surface area contributed by atoms with Crippen LogP contribution in [0.2, 0.25) is 0 Å². The van der Waals surface area contributed by atoms with Crippen LogP contribution < -0.4 is 0 Å². The summed E-state index contributed by atoms with van der Waals surface area (Å²) in [6.07, 6.45) is 6.61. The second-order valence-electron chi connectivity index (χ2n) is 6.86. The summed E-state index contributed by atoms with van der Waals surface area (Å²) < 4.78 is 19.6. The van der Waals surface area contributed by atoms with Crippen LogP contribution in [0, 0.1) is 0 Å². The van der Waals surface area contributed by atoms with Gasteiger partial charge in [-0.15, -0.1) is 0 Å². The highest BCUT2D eigenvalue weighted by Crippen LogP contribution is 2.53. The third-order valence-electron chi connectivity index (χ3n) is 4.30. The zero-order valence-electron chi connectivity index (χ0n) is 13.1. The number of esters is 1. The first-order valence-corrected chi connectivity index (χ1v) is 8.83. The number of carbonyl (C=O) groups excluding carboxylic acids is 1. The summed E-state index contributed by atoms with van der Waals surface area (Å²) >= 11 is 0. The van der Waals surface area contributed by atoms with Crippen molar-refractivity contribution in [1.82, 2.24) is 4.31 Å². The molecule has 2 rings (SSSR count). The maximum atomic E-state index is 12.8. The highest BCUT2D eigenvalue weighted by atomic mass is 32.2. The molecule has 1 heterocycles. The third kappa shape index (κ3) is 2.80. The van der Waals surface area contributed by atoms with Gasteiger partial charge in [-0.2, -0.15) is 4.31 Å². The molecule has 20 heavy (non-hydrogen) atoms. The number of ether oxygens (including phenoxy) is 1. The summed E-state index contributed by atoms with van der Waals surface area (Å²) in [4.78, 5) is 12.2. The van der Waals surface area contributed by atoms with Crippen molar-refractivity contribution in [2.75, 3.05) is 6.61 Å². The summed E-state index contributed by atoms with van der Waals surface area (Å²) in [6.45, 7) is 8.11. The largest absolute Gasteiger partial charge is 0.465 e. The van der Waals surface area contributed by atoms with Crippen molar-refractivity contribution < 1.29 is 13.7 Å². The van der Waals surface area contributed by atoms with E-state index >= 15 is 0 Å². The molecule has 2 aliphatic rings. The summed E-state index contributed by atoms with van der Waals surface area (Å²) in [7, 11) is -1.14. The Morgan fingerprint density at radius 1 is 1.25 bits per heavy atom. The van der Waals surface area contributed by atoms with Gasteiger partial charge in [-0.25, -0.2) is 4.21 Å². The van der Waals surface area contributed by atoms with E-state index in [2.05, 4.69) is 0 Å². The van der Waals surface area contributed by atoms with Gasteiger partial charge in [0.25, 0.3) is 0 Å². The maximum absolute atomic E-state index is 12.8. The minimum absolute atomic E-state index is 0.188. The fourth-order valence-corrected chi connectivity index (χ4v) is 4.90. The van der Waals surface area contributed by atoms with Crippen LogP contribution in [0.15, 0.2) is 0 Å². The van der Waals surface area contributed by atoms with Gasteiger partial charge in [0.1, 0.15) is 17.0 Å². The Balaban J connectivity index is 2.23. The molecule has 1 spiro atoms. The van der Waals surface area contributed by atoms with Gasteiger partial charge in [-0.3, -0.25) is 4.79 Å². The fraction of sp³-hybridized carbons (Fsp3) is 0.933. The second-order valence-corrected chi connectivity index (χ2v) is 8.98. The van der Waals surface area contributed by atoms with Crippen LogP contribution >= 0.6 is 0 Å². The Morgan fingerprint density at radius 3 is 2.25 bits per heavy atom. The smallest absolute Gasteiger partial charge is 0.326 e. The maximum Gasteiger partial charge on any atom is 0.326 e. The van der Waals surface area contributed by atoms with Crippen molar-refractivity contribution in [3.05, 3.63) is 0 Å². The molecule has 0 aromatic rings. The van der Waals surface area contributed by atoms with Gasteiger partial charge in [-0.1, -0.05) is 25.7 Å². The quantitative estimate of drug-likeness (QED) is 0.595. The lowest BCUT2D eigenvalue weighted by molar-refractivity contribution is -0.143. The first-order valence-electron chi connectivity index (χ1n) is 7.72. The SMILES string of the molecule is CCOC(=O)[C@H]1N([S@@](=O)C(C)(C)C)C12CCCCCC2. The molecule has 0 bridgehead atoms. The molecule has 0 aromatic carbocycles. The lowest BCUT2D eigenvalue weighted by Crippen LogP contribution is -2.31. The van der Waals surface area contributed by atoms with Gasteiger partial charge < -0.3 is 4.74 Å². The summed E-state index contributed by atoms with van der Waals surface area (Å²) in [5.41, 5.74) is -0.194. The van der Waals surface area contributed by atoms with Crippen LogP contribution in [-0.4, -0.2) is 37.4 Å². The molecule has 1 unspecified atom stereocenters. The minimum Gasteiger partial charge on any atom is -0.465 e. The van der Waals surface area contributed by atoms with Crippen LogP contribution in [-0.2, 0) is 20.5 Å². The molecule has 1 saturated heterocycles. The average Bonchev–Trinajstić information content (AvgIpc) is 3.06. The summed E-state index contributed by atoms with van der Waals surface area (Å²) in [5.74, 6) is -0.188. The molecule has 0 amide bonds. The molecule has 0 aromatic heterocycles. The Kier molecular flexibility index (Phi) is 4.59. The van der Waals surface area contributed by atoms with E-state index in [1.165, 1.54) is 12.8 Å². The molecule has 1 aliphatic heterocycles. The van der Waals surface area contributed by atoms with Gasteiger partial charge in [-0.05, 0) is 40.5 Å². The molecule has 116 valence electrons. The van der Waals surface area contributed by atoms with E-state index in [-0.39, 0.29) is 22.3 Å². The van der Waals surface area contributed by atoms with E-state index in [1.54, 1.807) is 0 Å². The monoisotopic (exact) mass is 301 g/mol. The van der Waals surface area contributed by atoms with Crippen molar-refractivity contribution in [2.45, 2.75) is 82.5 Å².